The van der Waals surface area contributed by atoms with Crippen LogP contribution in [0.3, 0.4) is 0 Å². The fraction of sp³-hybridized carbons (Fsp3) is 1.00. The van der Waals surface area contributed by atoms with Crippen LogP contribution in [-0.2, 0) is 9.47 Å². The third-order valence-corrected chi connectivity index (χ3v) is 6.33. The molecule has 0 radical (unpaired) electrons. The van der Waals surface area contributed by atoms with Gasteiger partial charge in [0.25, 0.3) is 0 Å². The average Bonchev–Trinajstić information content (AvgIpc) is 2.61. The third kappa shape index (κ3) is 9.74. The van der Waals surface area contributed by atoms with Crippen molar-refractivity contribution in [3.05, 3.63) is 0 Å². The van der Waals surface area contributed by atoms with Crippen molar-refractivity contribution in [2.24, 2.45) is 11.1 Å². The molecule has 0 spiro atoms. The van der Waals surface area contributed by atoms with Gasteiger partial charge in [-0.2, -0.15) is 0 Å². The second-order valence-electron chi connectivity index (χ2n) is 9.32. The molecule has 0 rings (SSSR count). The molecule has 164 valence electrons. The van der Waals surface area contributed by atoms with Crippen LogP contribution in [0.15, 0.2) is 0 Å². The SMILES string of the molecule is CCCCC(CC)(CO)COC(C)(CC)CC(C)OC(C)(CC)CC(C)N. The zero-order valence-electron chi connectivity index (χ0n) is 19.6. The van der Waals surface area contributed by atoms with E-state index in [-0.39, 0.29) is 35.4 Å². The van der Waals surface area contributed by atoms with E-state index in [0.29, 0.717) is 6.61 Å². The normalized spacial score (nSPS) is 21.1. The number of hydrogen-bond acceptors (Lipinski definition) is 4. The van der Waals surface area contributed by atoms with Crippen LogP contribution in [0.25, 0.3) is 0 Å². The molecule has 5 unspecified atom stereocenters. The number of aliphatic hydroxyl groups excluding tert-OH is 1. The summed E-state index contributed by atoms with van der Waals surface area (Å²) in [6.07, 6.45) is 7.91. The second-order valence-corrected chi connectivity index (χ2v) is 9.32. The molecule has 27 heavy (non-hydrogen) atoms. The molecule has 4 nitrogen and oxygen atoms in total. The minimum absolute atomic E-state index is 0.0967. The predicted octanol–water partition coefficient (Wildman–Crippen LogP) is 5.45. The molecule has 4 heteroatoms. The van der Waals surface area contributed by atoms with Crippen molar-refractivity contribution >= 4 is 0 Å². The lowest BCUT2D eigenvalue weighted by Gasteiger charge is -2.40. The van der Waals surface area contributed by atoms with Crippen molar-refractivity contribution in [1.29, 1.82) is 0 Å². The fourth-order valence-corrected chi connectivity index (χ4v) is 3.86. The Hall–Kier alpha value is -0.160. The van der Waals surface area contributed by atoms with Gasteiger partial charge in [-0.1, -0.05) is 40.5 Å². The minimum atomic E-state index is -0.246. The maximum atomic E-state index is 10.0. The van der Waals surface area contributed by atoms with Crippen molar-refractivity contribution in [3.8, 4) is 0 Å². The maximum Gasteiger partial charge on any atom is 0.0676 e. The smallest absolute Gasteiger partial charge is 0.0676 e. The summed E-state index contributed by atoms with van der Waals surface area (Å²) in [4.78, 5) is 0. The molecule has 0 aromatic carbocycles. The van der Waals surface area contributed by atoms with Gasteiger partial charge in [-0.15, -0.1) is 0 Å². The fourth-order valence-electron chi connectivity index (χ4n) is 3.86. The molecule has 0 aromatic heterocycles. The molecular weight excluding hydrogens is 338 g/mol. The monoisotopic (exact) mass is 387 g/mol. The van der Waals surface area contributed by atoms with Gasteiger partial charge in [0.2, 0.25) is 0 Å². The van der Waals surface area contributed by atoms with Gasteiger partial charge in [0.1, 0.15) is 0 Å². The van der Waals surface area contributed by atoms with Crippen LogP contribution >= 0.6 is 0 Å². The summed E-state index contributed by atoms with van der Waals surface area (Å²) in [6, 6.07) is 0.129. The first-order valence-corrected chi connectivity index (χ1v) is 11.2. The maximum absolute atomic E-state index is 10.0. The summed E-state index contributed by atoms with van der Waals surface area (Å²) in [5, 5.41) is 10.0. The van der Waals surface area contributed by atoms with Gasteiger partial charge in [0.15, 0.2) is 0 Å². The van der Waals surface area contributed by atoms with Gasteiger partial charge >= 0.3 is 0 Å². The van der Waals surface area contributed by atoms with Crippen molar-refractivity contribution in [2.45, 2.75) is 130 Å². The number of nitrogens with two attached hydrogens (primary N) is 1. The number of aliphatic hydroxyl groups is 1. The van der Waals surface area contributed by atoms with Crippen LogP contribution in [0.4, 0.5) is 0 Å². The molecule has 0 aliphatic heterocycles. The van der Waals surface area contributed by atoms with Gasteiger partial charge in [-0.25, -0.2) is 0 Å². The van der Waals surface area contributed by atoms with Crippen molar-refractivity contribution in [2.75, 3.05) is 13.2 Å². The Labute approximate surface area is 169 Å². The Morgan fingerprint density at radius 2 is 1.52 bits per heavy atom. The first-order valence-electron chi connectivity index (χ1n) is 11.2. The molecule has 0 amide bonds. The molecule has 0 saturated carbocycles. The summed E-state index contributed by atoms with van der Waals surface area (Å²) in [5.74, 6) is 0. The van der Waals surface area contributed by atoms with Crippen molar-refractivity contribution in [1.82, 2.24) is 0 Å². The van der Waals surface area contributed by atoms with E-state index in [2.05, 4.69) is 48.5 Å². The van der Waals surface area contributed by atoms with E-state index in [1.807, 2.05) is 6.92 Å². The van der Waals surface area contributed by atoms with E-state index in [4.69, 9.17) is 15.2 Å². The van der Waals surface area contributed by atoms with Crippen LogP contribution in [0.2, 0.25) is 0 Å². The number of unbranched alkanes of at least 4 members (excludes halogenated alkanes) is 1. The summed E-state index contributed by atoms with van der Waals surface area (Å²) in [7, 11) is 0. The molecule has 0 aliphatic rings. The third-order valence-electron chi connectivity index (χ3n) is 6.33. The molecule has 0 aromatic rings. The van der Waals surface area contributed by atoms with Gasteiger partial charge in [0, 0.05) is 17.9 Å². The molecule has 0 aliphatic carbocycles. The summed E-state index contributed by atoms with van der Waals surface area (Å²) >= 11 is 0. The zero-order valence-corrected chi connectivity index (χ0v) is 19.6. The van der Waals surface area contributed by atoms with Gasteiger partial charge in [-0.3, -0.25) is 0 Å². The van der Waals surface area contributed by atoms with E-state index in [1.165, 1.54) is 0 Å². The summed E-state index contributed by atoms with van der Waals surface area (Å²) in [6.45, 7) is 18.0. The van der Waals surface area contributed by atoms with Crippen molar-refractivity contribution in [3.63, 3.8) is 0 Å². The number of ether oxygens (including phenoxy) is 2. The standard InChI is InChI=1S/C23H49NO3/c1-9-13-14-23(12-4,17-25)18-26-21(7,10-2)16-20(6)27-22(8,11-3)15-19(5)24/h19-20,25H,9-18,24H2,1-8H3. The van der Waals surface area contributed by atoms with Gasteiger partial charge < -0.3 is 20.3 Å². The highest BCUT2D eigenvalue weighted by Gasteiger charge is 2.35. The van der Waals surface area contributed by atoms with Gasteiger partial charge in [0.05, 0.1) is 30.5 Å². The van der Waals surface area contributed by atoms with E-state index in [1.54, 1.807) is 0 Å². The Kier molecular flexibility index (Phi) is 12.3. The Balaban J connectivity index is 4.95. The topological polar surface area (TPSA) is 64.7 Å². The molecule has 3 N–H and O–H groups in total. The van der Waals surface area contributed by atoms with Crippen LogP contribution in [0.5, 0.6) is 0 Å². The lowest BCUT2D eigenvalue weighted by Crippen LogP contribution is -2.42. The van der Waals surface area contributed by atoms with E-state index in [0.717, 1.165) is 51.4 Å². The van der Waals surface area contributed by atoms with Crippen molar-refractivity contribution < 1.29 is 14.6 Å². The Morgan fingerprint density at radius 1 is 0.926 bits per heavy atom. The largest absolute Gasteiger partial charge is 0.396 e. The lowest BCUT2D eigenvalue weighted by molar-refractivity contribution is -0.142. The van der Waals surface area contributed by atoms with E-state index in [9.17, 15) is 5.11 Å². The molecule has 0 saturated heterocycles. The molecule has 0 heterocycles. The minimum Gasteiger partial charge on any atom is -0.396 e. The lowest BCUT2D eigenvalue weighted by atomic mass is 9.81. The second kappa shape index (κ2) is 12.4. The highest BCUT2D eigenvalue weighted by atomic mass is 16.5. The van der Waals surface area contributed by atoms with E-state index >= 15 is 0 Å². The highest BCUT2D eigenvalue weighted by molar-refractivity contribution is 4.84. The van der Waals surface area contributed by atoms with Crippen LogP contribution < -0.4 is 5.73 Å². The average molecular weight is 388 g/mol. The highest BCUT2D eigenvalue weighted by Crippen LogP contribution is 2.34. The first-order chi connectivity index (χ1) is 12.5. The number of rotatable bonds is 16. The molecular formula is C23H49NO3. The molecule has 0 bridgehead atoms. The van der Waals surface area contributed by atoms with Gasteiger partial charge in [-0.05, 0) is 59.8 Å². The zero-order chi connectivity index (χ0) is 21.1. The summed E-state index contributed by atoms with van der Waals surface area (Å²) in [5.41, 5.74) is 5.46. The van der Waals surface area contributed by atoms with Crippen LogP contribution in [0, 0.1) is 5.41 Å². The summed E-state index contributed by atoms with van der Waals surface area (Å²) < 4.78 is 12.9. The van der Waals surface area contributed by atoms with E-state index < -0.39 is 0 Å². The predicted molar refractivity (Wildman–Crippen MR) is 116 cm³/mol. The van der Waals surface area contributed by atoms with Crippen LogP contribution in [-0.4, -0.2) is 41.7 Å². The Morgan fingerprint density at radius 3 is 1.93 bits per heavy atom. The van der Waals surface area contributed by atoms with Crippen LogP contribution in [0.1, 0.15) is 107 Å². The number of hydrogen-bond donors (Lipinski definition) is 2. The molecule has 0 fully saturated rings. The molecule has 5 atom stereocenters. The Bertz CT molecular complexity index is 384. The first kappa shape index (κ1) is 26.8. The quantitative estimate of drug-likeness (QED) is 0.369.